The fraction of sp³-hybridized carbons (Fsp3) is 0.480. The van der Waals surface area contributed by atoms with Gasteiger partial charge in [0.25, 0.3) is 0 Å². The standard InChI is InChI=1S/C25H37N7O7/c1-14(33)21(27)24(37)30-18(4-2-3-9-26)22(35)31-19(11-16-12-28-13-29-16)23(36)32-20(25(38)39)10-15-5-7-17(34)8-6-15/h5-8,12-14,18-21,33-34H,2-4,9-11,26-27H2,1H3,(H,28,29)(H,30,37)(H,31,35)(H,32,36)(H,38,39). The SMILES string of the molecule is CC(O)C(N)C(=O)NC(CCCCN)C(=O)NC(Cc1cnc[nH]1)C(=O)NC(Cc1ccc(O)cc1)C(=O)O. The van der Waals surface area contributed by atoms with Crippen LogP contribution in [0.3, 0.4) is 0 Å². The number of aliphatic carboxylic acids is 1. The zero-order valence-electron chi connectivity index (χ0n) is 21.7. The van der Waals surface area contributed by atoms with Gasteiger partial charge < -0.3 is 47.7 Å². The number of H-pyrrole nitrogens is 1. The molecule has 3 amide bonds. The van der Waals surface area contributed by atoms with Gasteiger partial charge in [-0.25, -0.2) is 9.78 Å². The van der Waals surface area contributed by atoms with E-state index in [0.29, 0.717) is 30.6 Å². The van der Waals surface area contributed by atoms with Crippen molar-refractivity contribution in [2.24, 2.45) is 11.5 Å². The molecule has 0 aliphatic rings. The van der Waals surface area contributed by atoms with Gasteiger partial charge >= 0.3 is 5.97 Å². The fourth-order valence-corrected chi connectivity index (χ4v) is 3.69. The molecule has 14 heteroatoms. The second kappa shape index (κ2) is 15.4. The molecular formula is C25H37N7O7. The molecule has 0 aliphatic carbocycles. The minimum Gasteiger partial charge on any atom is -0.508 e. The highest BCUT2D eigenvalue weighted by Crippen LogP contribution is 2.12. The first-order valence-electron chi connectivity index (χ1n) is 12.5. The number of aliphatic hydroxyl groups is 1. The molecule has 1 aromatic carbocycles. The zero-order valence-corrected chi connectivity index (χ0v) is 21.7. The second-order valence-electron chi connectivity index (χ2n) is 9.22. The number of aromatic nitrogens is 2. The molecule has 1 aromatic heterocycles. The minimum absolute atomic E-state index is 0.0134. The summed E-state index contributed by atoms with van der Waals surface area (Å²) >= 11 is 0. The van der Waals surface area contributed by atoms with E-state index >= 15 is 0 Å². The fourth-order valence-electron chi connectivity index (χ4n) is 3.69. The lowest BCUT2D eigenvalue weighted by molar-refractivity contribution is -0.142. The minimum atomic E-state index is -1.33. The van der Waals surface area contributed by atoms with Crippen molar-refractivity contribution in [3.8, 4) is 5.75 Å². The van der Waals surface area contributed by atoms with E-state index in [1.54, 1.807) is 0 Å². The Labute approximate surface area is 225 Å². The van der Waals surface area contributed by atoms with Gasteiger partial charge in [-0.3, -0.25) is 14.4 Å². The van der Waals surface area contributed by atoms with Crippen LogP contribution in [0.4, 0.5) is 0 Å². The average molecular weight is 548 g/mol. The van der Waals surface area contributed by atoms with Crippen LogP contribution in [0.1, 0.15) is 37.4 Å². The molecule has 0 saturated carbocycles. The molecule has 39 heavy (non-hydrogen) atoms. The maximum absolute atomic E-state index is 13.2. The van der Waals surface area contributed by atoms with Gasteiger partial charge in [0, 0.05) is 24.7 Å². The Hall–Kier alpha value is -4.01. The molecule has 0 bridgehead atoms. The van der Waals surface area contributed by atoms with Crippen molar-refractivity contribution in [3.63, 3.8) is 0 Å². The maximum atomic E-state index is 13.2. The normalized spacial score (nSPS) is 14.9. The summed E-state index contributed by atoms with van der Waals surface area (Å²) in [5, 5.41) is 36.4. The lowest BCUT2D eigenvalue weighted by Gasteiger charge is -2.25. The number of carboxylic acids is 1. The van der Waals surface area contributed by atoms with Crippen LogP contribution in [-0.4, -0.2) is 85.8 Å². The third-order valence-electron chi connectivity index (χ3n) is 6.00. The Bertz CT molecular complexity index is 1080. The van der Waals surface area contributed by atoms with Crippen molar-refractivity contribution in [3.05, 3.63) is 48.0 Å². The summed E-state index contributed by atoms with van der Waals surface area (Å²) in [5.74, 6) is -3.48. The Balaban J connectivity index is 2.21. The van der Waals surface area contributed by atoms with E-state index in [1.807, 2.05) is 0 Å². The van der Waals surface area contributed by atoms with E-state index in [0.717, 1.165) is 0 Å². The summed E-state index contributed by atoms with van der Waals surface area (Å²) in [6.45, 7) is 1.72. The molecule has 2 aromatic rings. The van der Waals surface area contributed by atoms with Crippen molar-refractivity contribution in [1.29, 1.82) is 0 Å². The number of imidazole rings is 1. The monoisotopic (exact) mass is 547 g/mol. The van der Waals surface area contributed by atoms with Gasteiger partial charge in [0.2, 0.25) is 17.7 Å². The average Bonchev–Trinajstić information content (AvgIpc) is 3.41. The summed E-state index contributed by atoms with van der Waals surface area (Å²) < 4.78 is 0. The van der Waals surface area contributed by atoms with E-state index in [4.69, 9.17) is 11.5 Å². The van der Waals surface area contributed by atoms with Crippen LogP contribution in [0.2, 0.25) is 0 Å². The third kappa shape index (κ3) is 10.3. The van der Waals surface area contributed by atoms with Crippen LogP contribution in [-0.2, 0) is 32.0 Å². The summed E-state index contributed by atoms with van der Waals surface area (Å²) in [5.41, 5.74) is 12.3. The Morgan fingerprint density at radius 1 is 0.949 bits per heavy atom. The molecule has 5 unspecified atom stereocenters. The van der Waals surface area contributed by atoms with Gasteiger partial charge in [-0.15, -0.1) is 0 Å². The first kappa shape index (κ1) is 31.2. The van der Waals surface area contributed by atoms with Gasteiger partial charge in [0.1, 0.15) is 29.9 Å². The molecule has 0 saturated heterocycles. The molecular weight excluding hydrogens is 510 g/mol. The zero-order chi connectivity index (χ0) is 28.9. The number of phenols is 1. The number of amides is 3. The molecule has 214 valence electrons. The Morgan fingerprint density at radius 2 is 1.56 bits per heavy atom. The largest absolute Gasteiger partial charge is 0.508 e. The van der Waals surface area contributed by atoms with Crippen LogP contribution in [0, 0.1) is 0 Å². The van der Waals surface area contributed by atoms with Gasteiger partial charge in [0.05, 0.1) is 12.4 Å². The van der Waals surface area contributed by atoms with Crippen LogP contribution in [0.5, 0.6) is 5.75 Å². The maximum Gasteiger partial charge on any atom is 0.326 e. The number of nitrogens with two attached hydrogens (primary N) is 2. The van der Waals surface area contributed by atoms with Crippen LogP contribution in [0.25, 0.3) is 0 Å². The number of carbonyl (C=O) groups is 4. The van der Waals surface area contributed by atoms with E-state index < -0.39 is 54.0 Å². The molecule has 14 nitrogen and oxygen atoms in total. The van der Waals surface area contributed by atoms with E-state index in [-0.39, 0.29) is 25.0 Å². The Morgan fingerprint density at radius 3 is 2.13 bits per heavy atom. The predicted molar refractivity (Wildman–Crippen MR) is 140 cm³/mol. The molecule has 2 rings (SSSR count). The molecule has 0 spiro atoms. The highest BCUT2D eigenvalue weighted by molar-refractivity contribution is 5.94. The molecule has 5 atom stereocenters. The van der Waals surface area contributed by atoms with Gasteiger partial charge in [-0.2, -0.15) is 0 Å². The number of unbranched alkanes of at least 4 members (excludes halogenated alkanes) is 1. The third-order valence-corrected chi connectivity index (χ3v) is 6.00. The number of hydrogen-bond donors (Lipinski definition) is 9. The van der Waals surface area contributed by atoms with Crippen LogP contribution in [0.15, 0.2) is 36.8 Å². The first-order chi connectivity index (χ1) is 18.5. The molecule has 0 fully saturated rings. The second-order valence-corrected chi connectivity index (χ2v) is 9.22. The number of rotatable bonds is 16. The van der Waals surface area contributed by atoms with Crippen molar-refractivity contribution < 1.29 is 34.5 Å². The molecule has 11 N–H and O–H groups in total. The van der Waals surface area contributed by atoms with Crippen LogP contribution < -0.4 is 27.4 Å². The van der Waals surface area contributed by atoms with Crippen molar-refractivity contribution in [2.45, 2.75) is 69.3 Å². The summed E-state index contributed by atoms with van der Waals surface area (Å²) in [6.07, 6.45) is 2.85. The quantitative estimate of drug-likeness (QED) is 0.108. The van der Waals surface area contributed by atoms with Gasteiger partial charge in [-0.1, -0.05) is 12.1 Å². The highest BCUT2D eigenvalue weighted by Gasteiger charge is 2.31. The van der Waals surface area contributed by atoms with Crippen LogP contribution >= 0.6 is 0 Å². The molecule has 0 radical (unpaired) electrons. The summed E-state index contributed by atoms with van der Waals surface area (Å²) in [6, 6.07) is 0.973. The number of hydrogen-bond acceptors (Lipinski definition) is 9. The first-order valence-corrected chi connectivity index (χ1v) is 12.5. The number of nitrogens with zero attached hydrogens (tertiary/aromatic N) is 1. The number of aromatic amines is 1. The van der Waals surface area contributed by atoms with Crippen molar-refractivity contribution >= 4 is 23.7 Å². The summed E-state index contributed by atoms with van der Waals surface area (Å²) in [7, 11) is 0. The number of aliphatic hydroxyl groups excluding tert-OH is 1. The number of benzene rings is 1. The van der Waals surface area contributed by atoms with Gasteiger partial charge in [-0.05, 0) is 50.4 Å². The molecule has 0 aliphatic heterocycles. The van der Waals surface area contributed by atoms with Crippen molar-refractivity contribution in [1.82, 2.24) is 25.9 Å². The summed E-state index contributed by atoms with van der Waals surface area (Å²) in [4.78, 5) is 57.6. The smallest absolute Gasteiger partial charge is 0.326 e. The Kier molecular flexibility index (Phi) is 12.3. The van der Waals surface area contributed by atoms with Crippen molar-refractivity contribution in [2.75, 3.05) is 6.54 Å². The number of phenolic OH excluding ortho intramolecular Hbond substituents is 1. The number of aromatic hydroxyl groups is 1. The lowest BCUT2D eigenvalue weighted by Crippen LogP contribution is -2.58. The van der Waals surface area contributed by atoms with E-state index in [1.165, 1.54) is 43.7 Å². The van der Waals surface area contributed by atoms with E-state index in [2.05, 4.69) is 25.9 Å². The highest BCUT2D eigenvalue weighted by atomic mass is 16.4. The predicted octanol–water partition coefficient (Wildman–Crippen LogP) is -1.72. The number of nitrogens with one attached hydrogen (secondary N) is 4. The molecule has 1 heterocycles. The number of carboxylic acid groups (broad SMARTS) is 1. The van der Waals surface area contributed by atoms with E-state index in [9.17, 15) is 34.5 Å². The van der Waals surface area contributed by atoms with Gasteiger partial charge in [0.15, 0.2) is 0 Å². The lowest BCUT2D eigenvalue weighted by atomic mass is 10.0. The number of carbonyl (C=O) groups excluding carboxylic acids is 3. The topological polar surface area (TPSA) is 246 Å².